The molecular weight excluding hydrogens is 376 g/mol. The molecule has 7 heteroatoms. The molecule has 2 aromatic heterocycles. The minimum absolute atomic E-state index is 0.0256. The zero-order valence-electron chi connectivity index (χ0n) is 15.7. The number of halogens is 1. The van der Waals surface area contributed by atoms with Gasteiger partial charge >= 0.3 is 0 Å². The largest absolute Gasteiger partial charge is 0.327 e. The van der Waals surface area contributed by atoms with Gasteiger partial charge in [0, 0.05) is 12.3 Å². The third-order valence-corrected chi connectivity index (χ3v) is 5.56. The van der Waals surface area contributed by atoms with Crippen molar-refractivity contribution in [2.24, 2.45) is 0 Å². The summed E-state index contributed by atoms with van der Waals surface area (Å²) in [6, 6.07) is 12.6. The Labute approximate surface area is 168 Å². The zero-order chi connectivity index (χ0) is 19.7. The van der Waals surface area contributed by atoms with E-state index in [1.165, 1.54) is 4.90 Å². The minimum Gasteiger partial charge on any atom is -0.327 e. The van der Waals surface area contributed by atoms with Crippen molar-refractivity contribution < 1.29 is 9.69 Å². The molecule has 3 heterocycles. The molecule has 4 rings (SSSR count). The first kappa shape index (κ1) is 18.7. The standard InChI is InChI=1S/C21H21ClN4O2/c1-15-5-4-8-26-19(27)13-16(23-20(15)26)14-24-9-11-25(12-10-24)21(28)17-6-2-3-7-18(17)22/h2-8,13H,9-12,14H2,1H3/p+1. The van der Waals surface area contributed by atoms with Crippen molar-refractivity contribution >= 4 is 23.2 Å². The van der Waals surface area contributed by atoms with E-state index >= 15 is 0 Å². The number of aromatic nitrogens is 2. The van der Waals surface area contributed by atoms with Gasteiger partial charge in [-0.05, 0) is 30.7 Å². The molecule has 6 nitrogen and oxygen atoms in total. The number of aryl methyl sites for hydroxylation is 1. The van der Waals surface area contributed by atoms with Crippen molar-refractivity contribution in [2.45, 2.75) is 13.5 Å². The van der Waals surface area contributed by atoms with Crippen LogP contribution in [-0.2, 0) is 6.54 Å². The Kier molecular flexibility index (Phi) is 5.15. The van der Waals surface area contributed by atoms with Crippen molar-refractivity contribution in [1.29, 1.82) is 0 Å². The Balaban J connectivity index is 1.44. The van der Waals surface area contributed by atoms with Gasteiger partial charge in [-0.25, -0.2) is 4.98 Å². The maximum atomic E-state index is 12.7. The third-order valence-electron chi connectivity index (χ3n) is 5.23. The monoisotopic (exact) mass is 397 g/mol. The number of carbonyl (C=O) groups excluding carboxylic acids is 1. The lowest BCUT2D eigenvalue weighted by Crippen LogP contribution is -3.13. The van der Waals surface area contributed by atoms with Gasteiger partial charge in [0.15, 0.2) is 0 Å². The molecule has 144 valence electrons. The highest BCUT2D eigenvalue weighted by molar-refractivity contribution is 6.33. The van der Waals surface area contributed by atoms with E-state index in [1.807, 2.05) is 36.1 Å². The number of rotatable bonds is 3. The van der Waals surface area contributed by atoms with E-state index in [9.17, 15) is 9.59 Å². The predicted molar refractivity (Wildman–Crippen MR) is 108 cm³/mol. The van der Waals surface area contributed by atoms with Crippen LogP contribution in [0.25, 0.3) is 5.65 Å². The van der Waals surface area contributed by atoms with Crippen molar-refractivity contribution in [1.82, 2.24) is 14.3 Å². The minimum atomic E-state index is -0.0596. The summed E-state index contributed by atoms with van der Waals surface area (Å²) < 4.78 is 1.58. The normalized spacial score (nSPS) is 15.1. The molecule has 0 aliphatic carbocycles. The smallest absolute Gasteiger partial charge is 0.258 e. The topological polar surface area (TPSA) is 59.1 Å². The van der Waals surface area contributed by atoms with Crippen molar-refractivity contribution in [2.75, 3.05) is 26.2 Å². The Hall–Kier alpha value is -2.70. The second-order valence-electron chi connectivity index (χ2n) is 7.17. The lowest BCUT2D eigenvalue weighted by Gasteiger charge is -2.32. The van der Waals surface area contributed by atoms with Gasteiger partial charge in [0.25, 0.3) is 11.5 Å². The summed E-state index contributed by atoms with van der Waals surface area (Å²) in [5.41, 5.74) is 2.96. The average molecular weight is 398 g/mol. The number of carbonyl (C=O) groups is 1. The number of quaternary nitrogens is 1. The Morgan fingerprint density at radius 3 is 2.68 bits per heavy atom. The number of amides is 1. The van der Waals surface area contributed by atoms with Crippen LogP contribution in [0, 0.1) is 6.92 Å². The number of pyridine rings is 1. The highest BCUT2D eigenvalue weighted by atomic mass is 35.5. The van der Waals surface area contributed by atoms with Crippen LogP contribution in [0.15, 0.2) is 53.5 Å². The first-order valence-electron chi connectivity index (χ1n) is 9.38. The van der Waals surface area contributed by atoms with E-state index in [0.717, 1.165) is 24.3 Å². The van der Waals surface area contributed by atoms with Crippen LogP contribution in [-0.4, -0.2) is 46.4 Å². The predicted octanol–water partition coefficient (Wildman–Crippen LogP) is 1.20. The number of benzene rings is 1. The molecule has 1 N–H and O–H groups in total. The molecular formula is C21H22ClN4O2+. The molecule has 0 spiro atoms. The van der Waals surface area contributed by atoms with Crippen LogP contribution >= 0.6 is 11.6 Å². The maximum Gasteiger partial charge on any atom is 0.258 e. The SMILES string of the molecule is Cc1cccn2c(=O)cc(C[NH+]3CCN(C(=O)c4ccccc4Cl)CC3)nc12. The lowest BCUT2D eigenvalue weighted by atomic mass is 10.1. The molecule has 0 saturated carbocycles. The van der Waals surface area contributed by atoms with Gasteiger partial charge in [0.05, 0.1) is 36.8 Å². The number of piperazine rings is 1. The first-order valence-corrected chi connectivity index (χ1v) is 9.76. The van der Waals surface area contributed by atoms with E-state index in [1.54, 1.807) is 28.8 Å². The molecule has 0 radical (unpaired) electrons. The van der Waals surface area contributed by atoms with Gasteiger partial charge in [0.2, 0.25) is 0 Å². The van der Waals surface area contributed by atoms with Crippen LogP contribution in [0.1, 0.15) is 21.6 Å². The van der Waals surface area contributed by atoms with Crippen molar-refractivity contribution in [3.8, 4) is 0 Å². The molecule has 1 amide bonds. The molecule has 1 aliphatic rings. The van der Waals surface area contributed by atoms with Crippen molar-refractivity contribution in [3.63, 3.8) is 0 Å². The zero-order valence-corrected chi connectivity index (χ0v) is 16.4. The molecule has 1 aromatic carbocycles. The van der Waals surface area contributed by atoms with Gasteiger partial charge in [-0.3, -0.25) is 14.0 Å². The molecule has 0 unspecified atom stereocenters. The van der Waals surface area contributed by atoms with E-state index in [2.05, 4.69) is 4.98 Å². The molecule has 1 aliphatic heterocycles. The summed E-state index contributed by atoms with van der Waals surface area (Å²) in [6.45, 7) is 5.57. The van der Waals surface area contributed by atoms with Gasteiger partial charge in [-0.1, -0.05) is 29.8 Å². The van der Waals surface area contributed by atoms with Crippen LogP contribution in [0.2, 0.25) is 5.02 Å². The molecule has 3 aromatic rings. The summed E-state index contributed by atoms with van der Waals surface area (Å²) in [7, 11) is 0. The number of hydrogen-bond donors (Lipinski definition) is 1. The van der Waals surface area contributed by atoms with E-state index in [4.69, 9.17) is 11.6 Å². The van der Waals surface area contributed by atoms with E-state index < -0.39 is 0 Å². The number of fused-ring (bicyclic) bond motifs is 1. The highest BCUT2D eigenvalue weighted by Crippen LogP contribution is 2.17. The molecule has 1 fully saturated rings. The summed E-state index contributed by atoms with van der Waals surface area (Å²) in [4.78, 5) is 32.9. The van der Waals surface area contributed by atoms with Crippen molar-refractivity contribution in [3.05, 3.63) is 80.9 Å². The fraction of sp³-hybridized carbons (Fsp3) is 0.286. The summed E-state index contributed by atoms with van der Waals surface area (Å²) in [5.74, 6) is -0.0256. The summed E-state index contributed by atoms with van der Waals surface area (Å²) in [6.07, 6.45) is 1.74. The lowest BCUT2D eigenvalue weighted by molar-refractivity contribution is -0.917. The van der Waals surface area contributed by atoms with Gasteiger partial charge in [-0.2, -0.15) is 0 Å². The highest BCUT2D eigenvalue weighted by Gasteiger charge is 2.26. The Morgan fingerprint density at radius 2 is 1.93 bits per heavy atom. The Morgan fingerprint density at radius 1 is 1.18 bits per heavy atom. The molecule has 28 heavy (non-hydrogen) atoms. The second kappa shape index (κ2) is 7.73. The summed E-state index contributed by atoms with van der Waals surface area (Å²) in [5, 5.41) is 0.485. The summed E-state index contributed by atoms with van der Waals surface area (Å²) >= 11 is 6.16. The number of nitrogens with one attached hydrogen (secondary N) is 1. The fourth-order valence-corrected chi connectivity index (χ4v) is 3.88. The number of hydrogen-bond acceptors (Lipinski definition) is 3. The van der Waals surface area contributed by atoms with Gasteiger partial charge < -0.3 is 9.80 Å². The molecule has 0 bridgehead atoms. The van der Waals surface area contributed by atoms with Crippen LogP contribution in [0.3, 0.4) is 0 Å². The third kappa shape index (κ3) is 3.66. The quantitative estimate of drug-likeness (QED) is 0.722. The van der Waals surface area contributed by atoms with E-state index in [0.29, 0.717) is 35.9 Å². The van der Waals surface area contributed by atoms with Crippen LogP contribution in [0.5, 0.6) is 0 Å². The van der Waals surface area contributed by atoms with Gasteiger partial charge in [-0.15, -0.1) is 0 Å². The van der Waals surface area contributed by atoms with Gasteiger partial charge in [0.1, 0.15) is 17.9 Å². The Bertz CT molecular complexity index is 1090. The maximum absolute atomic E-state index is 12.7. The van der Waals surface area contributed by atoms with E-state index in [-0.39, 0.29) is 11.5 Å². The average Bonchev–Trinajstić information content (AvgIpc) is 2.69. The molecule has 1 saturated heterocycles. The van der Waals surface area contributed by atoms with Crippen LogP contribution in [0.4, 0.5) is 0 Å². The number of nitrogens with zero attached hydrogens (tertiary/aromatic N) is 3. The van der Waals surface area contributed by atoms with Crippen LogP contribution < -0.4 is 10.5 Å². The molecule has 0 atom stereocenters. The first-order chi connectivity index (χ1) is 13.5. The fourth-order valence-electron chi connectivity index (χ4n) is 3.66. The second-order valence-corrected chi connectivity index (χ2v) is 7.58.